The molecule has 0 aromatic heterocycles. The minimum Gasteiger partial charge on any atom is -0.285 e. The van der Waals surface area contributed by atoms with Gasteiger partial charge in [0, 0.05) is 0 Å². The average Bonchev–Trinajstić information content (AvgIpc) is 1.77. The minimum absolute atomic E-state index is 0.965. The molecule has 0 unspecified atom stereocenters. The Kier molecular flexibility index (Phi) is 4.58. The highest BCUT2D eigenvalue weighted by Crippen LogP contribution is 2.24. The summed E-state index contributed by atoms with van der Waals surface area (Å²) in [5.74, 6) is 0. The standard InChI is InChI=1S/C9H24NPSi2/c1-10(2)9(12(3,4)5)11-13(6,7)8/h1-8H3. The van der Waals surface area contributed by atoms with Gasteiger partial charge in [-0.25, -0.2) is 0 Å². The predicted octanol–water partition coefficient (Wildman–Crippen LogP) is 3.34. The Hall–Kier alpha value is 0.564. The first-order valence-electron chi connectivity index (χ1n) is 4.82. The van der Waals surface area contributed by atoms with E-state index in [1.165, 1.54) is 0 Å². The van der Waals surface area contributed by atoms with Crippen LogP contribution in [0.25, 0.3) is 0 Å². The molecule has 0 aliphatic heterocycles. The van der Waals surface area contributed by atoms with Gasteiger partial charge in [-0.05, 0) is 19.1 Å². The van der Waals surface area contributed by atoms with E-state index in [1.807, 2.05) is 0 Å². The Labute approximate surface area is 87.2 Å². The number of nitrogens with zero attached hydrogens (tertiary/aromatic N) is 1. The maximum absolute atomic E-state index is 2.44. The van der Waals surface area contributed by atoms with Crippen LogP contribution in [0, 0.1) is 0 Å². The molecule has 13 heavy (non-hydrogen) atoms. The highest BCUT2D eigenvalue weighted by molar-refractivity contribution is 7.84. The molecule has 0 radical (unpaired) electrons. The van der Waals surface area contributed by atoms with Gasteiger partial charge in [0.15, 0.2) is 0 Å². The number of hydrogen-bond acceptors (Lipinski definition) is 0. The van der Waals surface area contributed by atoms with Crippen molar-refractivity contribution in [1.29, 1.82) is 0 Å². The summed E-state index contributed by atoms with van der Waals surface area (Å²) in [6.07, 6.45) is 0. The first-order chi connectivity index (χ1) is 5.54. The molecule has 0 atom stereocenters. The molecule has 0 rings (SSSR count). The molecule has 0 saturated carbocycles. The Morgan fingerprint density at radius 3 is 1.38 bits per heavy atom. The second-order valence-corrected chi connectivity index (χ2v) is 20.8. The van der Waals surface area contributed by atoms with Crippen molar-refractivity contribution < 1.29 is 0 Å². The van der Waals surface area contributed by atoms with E-state index >= 15 is 0 Å². The van der Waals surface area contributed by atoms with E-state index in [-0.39, 0.29) is 0 Å². The normalized spacial score (nSPS) is 15.3. The lowest BCUT2D eigenvalue weighted by Gasteiger charge is -2.28. The fourth-order valence-corrected chi connectivity index (χ4v) is 13.3. The molecule has 78 valence electrons. The van der Waals surface area contributed by atoms with Gasteiger partial charge in [-0.3, -0.25) is 4.90 Å². The van der Waals surface area contributed by atoms with E-state index < -0.39 is 15.8 Å². The summed E-state index contributed by atoms with van der Waals surface area (Å²) in [5.41, 5.74) is 0. The second-order valence-electron chi connectivity index (χ2n) is 5.75. The Morgan fingerprint density at radius 1 is 0.923 bits per heavy atom. The molecule has 0 aliphatic carbocycles. The summed E-state index contributed by atoms with van der Waals surface area (Å²) in [6, 6.07) is 0. The predicted molar refractivity (Wildman–Crippen MR) is 72.3 cm³/mol. The summed E-state index contributed by atoms with van der Waals surface area (Å²) in [5, 5.41) is 1.70. The van der Waals surface area contributed by atoms with E-state index in [1.54, 1.807) is 12.8 Å². The molecule has 0 amide bonds. The molecule has 0 aliphatic rings. The zero-order chi connectivity index (χ0) is 10.9. The number of hydrogen-bond donors (Lipinski definition) is 0. The lowest BCUT2D eigenvalue weighted by molar-refractivity contribution is 0.643. The first kappa shape index (κ1) is 13.6. The quantitative estimate of drug-likeness (QED) is 0.534. The Balaban J connectivity index is 4.95. The largest absolute Gasteiger partial charge is 0.285 e. The average molecular weight is 233 g/mol. The van der Waals surface area contributed by atoms with Gasteiger partial charge in [0.05, 0.1) is 8.07 Å². The third kappa shape index (κ3) is 5.79. The van der Waals surface area contributed by atoms with Crippen LogP contribution in [0.3, 0.4) is 0 Å². The molecule has 0 bridgehead atoms. The minimum atomic E-state index is -1.09. The molecule has 0 fully saturated rings. The summed E-state index contributed by atoms with van der Waals surface area (Å²) in [6.45, 7) is 14.6. The van der Waals surface area contributed by atoms with Crippen LogP contribution in [0.1, 0.15) is 0 Å². The number of rotatable bonds is 3. The van der Waals surface area contributed by atoms with Gasteiger partial charge in [-0.1, -0.05) is 39.3 Å². The van der Waals surface area contributed by atoms with Gasteiger partial charge in [0.1, 0.15) is 7.74 Å². The smallest absolute Gasteiger partial charge is 0.103 e. The molecule has 0 spiro atoms. The van der Waals surface area contributed by atoms with Gasteiger partial charge in [0.2, 0.25) is 0 Å². The van der Waals surface area contributed by atoms with Crippen molar-refractivity contribution >= 4 is 28.6 Å². The topological polar surface area (TPSA) is 3.24 Å². The molecule has 4 heteroatoms. The van der Waals surface area contributed by atoms with Crippen LogP contribution in [0.15, 0.2) is 0 Å². The van der Waals surface area contributed by atoms with Crippen molar-refractivity contribution in [2.24, 2.45) is 0 Å². The molecule has 0 heterocycles. The molecule has 1 nitrogen and oxygen atoms in total. The fourth-order valence-electron chi connectivity index (χ4n) is 1.26. The summed E-state index contributed by atoms with van der Waals surface area (Å²) in [7, 11) is 3.97. The lowest BCUT2D eigenvalue weighted by Crippen LogP contribution is -2.43. The van der Waals surface area contributed by atoms with Crippen LogP contribution in [0.5, 0.6) is 0 Å². The van der Waals surface area contributed by atoms with E-state index in [0.717, 1.165) is 0 Å². The molecular weight excluding hydrogens is 209 g/mol. The molecule has 0 aromatic rings. The van der Waals surface area contributed by atoms with Crippen LogP contribution in [-0.4, -0.2) is 39.9 Å². The van der Waals surface area contributed by atoms with Crippen LogP contribution in [0.4, 0.5) is 0 Å². The van der Waals surface area contributed by atoms with Crippen LogP contribution < -0.4 is 0 Å². The summed E-state index contributed by atoms with van der Waals surface area (Å²) < 4.78 is 0. The van der Waals surface area contributed by atoms with Crippen molar-refractivity contribution in [2.75, 3.05) is 14.1 Å². The van der Waals surface area contributed by atoms with E-state index in [9.17, 15) is 0 Å². The molecular formula is C9H24NPSi2. The van der Waals surface area contributed by atoms with Crippen molar-refractivity contribution in [2.45, 2.75) is 39.3 Å². The van der Waals surface area contributed by atoms with E-state index in [4.69, 9.17) is 0 Å². The zero-order valence-corrected chi connectivity index (χ0v) is 13.3. The van der Waals surface area contributed by atoms with Crippen LogP contribution in [-0.2, 0) is 0 Å². The van der Waals surface area contributed by atoms with Crippen molar-refractivity contribution in [3.05, 3.63) is 0 Å². The maximum Gasteiger partial charge on any atom is 0.103 e. The van der Waals surface area contributed by atoms with Gasteiger partial charge >= 0.3 is 0 Å². The van der Waals surface area contributed by atoms with Gasteiger partial charge in [-0.2, -0.15) is 0 Å². The van der Waals surface area contributed by atoms with Gasteiger partial charge < -0.3 is 0 Å². The SMILES string of the molecule is CN(C)C(=P[Si](C)(C)C)[Si](C)(C)C. The highest BCUT2D eigenvalue weighted by atomic mass is 31.3. The maximum atomic E-state index is 2.44. The molecule has 0 N–H and O–H groups in total. The molecule has 0 saturated heterocycles. The third-order valence-electron chi connectivity index (χ3n) is 1.54. The molecule has 0 aromatic carbocycles. The highest BCUT2D eigenvalue weighted by Gasteiger charge is 2.24. The lowest BCUT2D eigenvalue weighted by atomic mass is 11.0. The Bertz CT molecular complexity index is 199. The zero-order valence-electron chi connectivity index (χ0n) is 10.4. The third-order valence-corrected chi connectivity index (χ3v) is 10.3. The first-order valence-corrected chi connectivity index (χ1v) is 13.6. The van der Waals surface area contributed by atoms with E-state index in [2.05, 4.69) is 58.3 Å². The summed E-state index contributed by atoms with van der Waals surface area (Å²) >= 11 is 0. The van der Waals surface area contributed by atoms with Crippen molar-refractivity contribution in [1.82, 2.24) is 4.90 Å². The Morgan fingerprint density at radius 2 is 1.31 bits per heavy atom. The second kappa shape index (κ2) is 4.39. The van der Waals surface area contributed by atoms with Crippen molar-refractivity contribution in [3.8, 4) is 0 Å². The van der Waals surface area contributed by atoms with Crippen molar-refractivity contribution in [3.63, 3.8) is 0 Å². The van der Waals surface area contributed by atoms with E-state index in [0.29, 0.717) is 0 Å². The van der Waals surface area contributed by atoms with Crippen LogP contribution >= 0.6 is 7.75 Å². The monoisotopic (exact) mass is 233 g/mol. The van der Waals surface area contributed by atoms with Gasteiger partial charge in [-0.15, -0.1) is 7.75 Å². The van der Waals surface area contributed by atoms with Gasteiger partial charge in [0.25, 0.3) is 0 Å². The fraction of sp³-hybridized carbons (Fsp3) is 0.889. The summed E-state index contributed by atoms with van der Waals surface area (Å²) in [4.78, 5) is 2.35. The van der Waals surface area contributed by atoms with Crippen LogP contribution in [0.2, 0.25) is 39.3 Å².